The van der Waals surface area contributed by atoms with E-state index in [1.807, 2.05) is 0 Å². The average molecular weight is 130 g/mol. The molecule has 0 spiro atoms. The van der Waals surface area contributed by atoms with Gasteiger partial charge in [-0.3, -0.25) is 10.2 Å². The fourth-order valence-corrected chi connectivity index (χ4v) is 0.794. The summed E-state index contributed by atoms with van der Waals surface area (Å²) in [5.74, 6) is -0.410. The maximum Gasteiger partial charge on any atom is 0.237 e. The largest absolute Gasteiger partial charge is 0.368 e. The molecular weight excluding hydrogens is 120 g/mol. The summed E-state index contributed by atoms with van der Waals surface area (Å²) in [4.78, 5) is 10.5. The van der Waals surface area contributed by atoms with Gasteiger partial charge in [0.25, 0.3) is 0 Å². The monoisotopic (exact) mass is 130 g/mol. The zero-order valence-corrected chi connectivity index (χ0v) is 4.92. The van der Waals surface area contributed by atoms with Gasteiger partial charge in [0, 0.05) is 12.6 Å². The van der Waals surface area contributed by atoms with Crippen molar-refractivity contribution < 1.29 is 4.79 Å². The van der Waals surface area contributed by atoms with E-state index in [0.29, 0.717) is 6.54 Å². The van der Waals surface area contributed by atoms with Crippen LogP contribution in [0.1, 0.15) is 0 Å². The van der Waals surface area contributed by atoms with Crippen LogP contribution in [0.4, 0.5) is 0 Å². The number of hydrogen-bond acceptors (Lipinski definition) is 4. The molecule has 1 rings (SSSR count). The molecule has 2 atom stereocenters. The van der Waals surface area contributed by atoms with Gasteiger partial charge in [-0.15, -0.1) is 0 Å². The molecule has 2 unspecified atom stereocenters. The van der Waals surface area contributed by atoms with Crippen molar-refractivity contribution in [3.63, 3.8) is 0 Å². The maximum absolute atomic E-state index is 10.5. The van der Waals surface area contributed by atoms with Crippen LogP contribution in [0.5, 0.6) is 0 Å². The van der Waals surface area contributed by atoms with Crippen molar-refractivity contribution in [2.75, 3.05) is 6.54 Å². The van der Waals surface area contributed by atoms with Crippen molar-refractivity contribution >= 4 is 5.91 Å². The third-order valence-corrected chi connectivity index (χ3v) is 1.33. The Hall–Kier alpha value is -0.650. The fraction of sp³-hybridized carbons (Fsp3) is 0.750. The molecule has 52 valence electrons. The van der Waals surface area contributed by atoms with Crippen LogP contribution in [0.3, 0.4) is 0 Å². The lowest BCUT2D eigenvalue weighted by Gasteiger charge is -2.07. The molecule has 9 heavy (non-hydrogen) atoms. The summed E-state index contributed by atoms with van der Waals surface area (Å²) in [6, 6.07) is -0.604. The smallest absolute Gasteiger partial charge is 0.237 e. The lowest BCUT2D eigenvalue weighted by Crippen LogP contribution is -2.47. The number of nitrogens with one attached hydrogen (secondary N) is 2. The van der Waals surface area contributed by atoms with Crippen LogP contribution in [-0.2, 0) is 4.79 Å². The molecule has 1 heterocycles. The molecule has 5 nitrogen and oxygen atoms in total. The molecule has 5 heteroatoms. The lowest BCUT2D eigenvalue weighted by atomic mass is 10.1. The molecule has 0 aromatic rings. The Kier molecular flexibility index (Phi) is 1.65. The van der Waals surface area contributed by atoms with Crippen molar-refractivity contribution in [3.8, 4) is 0 Å². The van der Waals surface area contributed by atoms with Crippen molar-refractivity contribution in [1.29, 1.82) is 0 Å². The first-order chi connectivity index (χ1) is 4.22. The number of hydrogen-bond donors (Lipinski definition) is 4. The molecule has 1 amide bonds. The van der Waals surface area contributed by atoms with E-state index in [1.54, 1.807) is 0 Å². The van der Waals surface area contributed by atoms with E-state index >= 15 is 0 Å². The predicted molar refractivity (Wildman–Crippen MR) is 32.1 cm³/mol. The van der Waals surface area contributed by atoms with Crippen LogP contribution in [0.2, 0.25) is 0 Å². The highest BCUT2D eigenvalue weighted by Crippen LogP contribution is 1.92. The van der Waals surface area contributed by atoms with E-state index in [0.717, 1.165) is 0 Å². The maximum atomic E-state index is 10.5. The Morgan fingerprint density at radius 3 is 2.56 bits per heavy atom. The van der Waals surface area contributed by atoms with Gasteiger partial charge in [-0.05, 0) is 0 Å². The van der Waals surface area contributed by atoms with Gasteiger partial charge in [-0.1, -0.05) is 0 Å². The number of nitrogens with two attached hydrogens (primary N) is 2. The van der Waals surface area contributed by atoms with Crippen molar-refractivity contribution in [2.24, 2.45) is 11.5 Å². The third kappa shape index (κ3) is 1.18. The van der Waals surface area contributed by atoms with E-state index in [4.69, 9.17) is 11.5 Å². The molecule has 0 aromatic heterocycles. The van der Waals surface area contributed by atoms with E-state index in [1.165, 1.54) is 0 Å². The van der Waals surface area contributed by atoms with Crippen LogP contribution >= 0.6 is 0 Å². The molecule has 0 aliphatic carbocycles. The SMILES string of the molecule is NC(=O)C1NNCC1N. The molecular formula is C4H10N4O. The number of amides is 1. The highest BCUT2D eigenvalue weighted by Gasteiger charge is 2.27. The van der Waals surface area contributed by atoms with E-state index in [-0.39, 0.29) is 6.04 Å². The van der Waals surface area contributed by atoms with Crippen LogP contribution in [-0.4, -0.2) is 24.5 Å². The second kappa shape index (κ2) is 2.30. The second-order valence-corrected chi connectivity index (χ2v) is 2.07. The zero-order valence-electron chi connectivity index (χ0n) is 4.92. The highest BCUT2D eigenvalue weighted by molar-refractivity contribution is 5.81. The summed E-state index contributed by atoms with van der Waals surface area (Å²) < 4.78 is 0. The molecule has 0 radical (unpaired) electrons. The van der Waals surface area contributed by atoms with Crippen LogP contribution < -0.4 is 22.3 Å². The number of rotatable bonds is 1. The second-order valence-electron chi connectivity index (χ2n) is 2.07. The van der Waals surface area contributed by atoms with E-state index < -0.39 is 11.9 Å². The fourth-order valence-electron chi connectivity index (χ4n) is 0.794. The van der Waals surface area contributed by atoms with Gasteiger partial charge in [0.05, 0.1) is 0 Å². The summed E-state index contributed by atoms with van der Waals surface area (Å²) in [7, 11) is 0. The van der Waals surface area contributed by atoms with E-state index in [2.05, 4.69) is 10.9 Å². The first-order valence-corrected chi connectivity index (χ1v) is 2.75. The van der Waals surface area contributed by atoms with E-state index in [9.17, 15) is 4.79 Å². The molecule has 1 fully saturated rings. The van der Waals surface area contributed by atoms with Crippen molar-refractivity contribution in [1.82, 2.24) is 10.9 Å². The van der Waals surface area contributed by atoms with Crippen molar-refractivity contribution in [3.05, 3.63) is 0 Å². The first-order valence-electron chi connectivity index (χ1n) is 2.75. The number of carbonyl (C=O) groups excluding carboxylic acids is 1. The number of hydrazine groups is 1. The Labute approximate surface area is 52.7 Å². The number of carbonyl (C=O) groups is 1. The predicted octanol–water partition coefficient (Wildman–Crippen LogP) is -2.72. The topological polar surface area (TPSA) is 93.2 Å². The highest BCUT2D eigenvalue weighted by atomic mass is 16.1. The minimum absolute atomic E-state index is 0.192. The summed E-state index contributed by atoms with van der Waals surface area (Å²) in [6.07, 6.45) is 0. The van der Waals surface area contributed by atoms with Crippen LogP contribution in [0.15, 0.2) is 0 Å². The van der Waals surface area contributed by atoms with Crippen LogP contribution in [0, 0.1) is 0 Å². The zero-order chi connectivity index (χ0) is 6.85. The normalized spacial score (nSPS) is 34.8. The molecule has 1 saturated heterocycles. The molecule has 0 aromatic carbocycles. The molecule has 1 aliphatic rings. The van der Waals surface area contributed by atoms with Crippen molar-refractivity contribution in [2.45, 2.75) is 12.1 Å². The Balaban J connectivity index is 2.49. The standard InChI is InChI=1S/C4H10N4O/c5-2-1-7-8-3(2)4(6)9/h2-3,7-8H,1,5H2,(H2,6,9). The van der Waals surface area contributed by atoms with Gasteiger partial charge in [0.15, 0.2) is 0 Å². The van der Waals surface area contributed by atoms with Gasteiger partial charge in [0.2, 0.25) is 5.91 Å². The quantitative estimate of drug-likeness (QED) is 0.310. The van der Waals surface area contributed by atoms with Gasteiger partial charge >= 0.3 is 0 Å². The Morgan fingerprint density at radius 2 is 2.33 bits per heavy atom. The summed E-state index contributed by atoms with van der Waals surface area (Å²) in [5, 5.41) is 0. The number of primary amides is 1. The van der Waals surface area contributed by atoms with Gasteiger partial charge in [-0.2, -0.15) is 0 Å². The minimum atomic E-state index is -0.412. The Morgan fingerprint density at radius 1 is 1.67 bits per heavy atom. The van der Waals surface area contributed by atoms with Gasteiger partial charge < -0.3 is 11.5 Å². The molecule has 6 N–H and O–H groups in total. The minimum Gasteiger partial charge on any atom is -0.368 e. The lowest BCUT2D eigenvalue weighted by molar-refractivity contribution is -0.119. The third-order valence-electron chi connectivity index (χ3n) is 1.33. The summed E-state index contributed by atoms with van der Waals surface area (Å²) in [6.45, 7) is 0.591. The average Bonchev–Trinajstić information content (AvgIpc) is 2.13. The molecule has 0 bridgehead atoms. The molecule has 1 aliphatic heterocycles. The first kappa shape index (κ1) is 6.47. The van der Waals surface area contributed by atoms with Gasteiger partial charge in [0.1, 0.15) is 6.04 Å². The Bertz CT molecular complexity index is 126. The molecule has 0 saturated carbocycles. The van der Waals surface area contributed by atoms with Gasteiger partial charge in [-0.25, -0.2) is 5.43 Å². The summed E-state index contributed by atoms with van der Waals surface area (Å²) in [5.41, 5.74) is 15.8. The summed E-state index contributed by atoms with van der Waals surface area (Å²) >= 11 is 0. The van der Waals surface area contributed by atoms with Crippen LogP contribution in [0.25, 0.3) is 0 Å².